The molecule has 5 heteroatoms. The Bertz CT molecular complexity index is 706. The van der Waals surface area contributed by atoms with Gasteiger partial charge in [-0.15, -0.1) is 0 Å². The zero-order chi connectivity index (χ0) is 19.2. The number of hydrogen-bond donors (Lipinski definition) is 2. The lowest BCUT2D eigenvalue weighted by Crippen LogP contribution is -3.10. The van der Waals surface area contributed by atoms with E-state index < -0.39 is 0 Å². The van der Waals surface area contributed by atoms with Crippen LogP contribution in [0.4, 0.5) is 5.69 Å². The van der Waals surface area contributed by atoms with E-state index in [4.69, 9.17) is 16.3 Å². The molecule has 0 saturated heterocycles. The molecule has 4 nitrogen and oxygen atoms in total. The highest BCUT2D eigenvalue weighted by atomic mass is 35.5. The van der Waals surface area contributed by atoms with Crippen LogP contribution in [0.2, 0.25) is 5.02 Å². The largest absolute Gasteiger partial charge is 0.488 e. The zero-order valence-electron chi connectivity index (χ0n) is 15.9. The number of likely N-dealkylation sites (N-methyl/N-ethyl adjacent to an activating group) is 1. The lowest BCUT2D eigenvalue weighted by molar-refractivity contribution is -0.871. The quantitative estimate of drug-likeness (QED) is 0.780. The predicted molar refractivity (Wildman–Crippen MR) is 107 cm³/mol. The summed E-state index contributed by atoms with van der Waals surface area (Å²) in [7, 11) is 1.98. The molecule has 1 unspecified atom stereocenters. The third-order valence-electron chi connectivity index (χ3n) is 4.11. The van der Waals surface area contributed by atoms with Crippen LogP contribution < -0.4 is 15.0 Å². The predicted octanol–water partition coefficient (Wildman–Crippen LogP) is 3.17. The number of nitrogens with one attached hydrogen (secondary N) is 2. The summed E-state index contributed by atoms with van der Waals surface area (Å²) in [5.74, 6) is 0.781. The molecular weight excluding hydrogens is 348 g/mol. The number of quaternary nitrogens is 1. The van der Waals surface area contributed by atoms with Crippen LogP contribution in [0.25, 0.3) is 0 Å². The summed E-state index contributed by atoms with van der Waals surface area (Å²) >= 11 is 5.85. The van der Waals surface area contributed by atoms with E-state index in [0.717, 1.165) is 22.9 Å². The molecule has 26 heavy (non-hydrogen) atoms. The van der Waals surface area contributed by atoms with Crippen molar-refractivity contribution in [3.8, 4) is 5.75 Å². The number of halogens is 1. The molecule has 2 aromatic carbocycles. The number of carbonyl (C=O) groups is 1. The fraction of sp³-hybridized carbons (Fsp3) is 0.381. The van der Waals surface area contributed by atoms with Gasteiger partial charge < -0.3 is 15.0 Å². The summed E-state index contributed by atoms with van der Waals surface area (Å²) < 4.78 is 5.67. The van der Waals surface area contributed by atoms with Crippen LogP contribution in [0.5, 0.6) is 5.75 Å². The van der Waals surface area contributed by atoms with Crippen molar-refractivity contribution in [3.05, 3.63) is 59.1 Å². The number of rotatable bonds is 7. The Balaban J connectivity index is 1.73. The molecule has 0 spiro atoms. The molecule has 0 saturated carbocycles. The van der Waals surface area contributed by atoms with Gasteiger partial charge in [-0.1, -0.05) is 44.5 Å². The van der Waals surface area contributed by atoms with Crippen molar-refractivity contribution in [3.63, 3.8) is 0 Å². The van der Waals surface area contributed by atoms with Crippen LogP contribution in [-0.4, -0.2) is 32.7 Å². The maximum absolute atomic E-state index is 12.2. The Labute approximate surface area is 161 Å². The Morgan fingerprint density at radius 2 is 1.69 bits per heavy atom. The van der Waals surface area contributed by atoms with E-state index in [9.17, 15) is 4.79 Å². The third kappa shape index (κ3) is 6.70. The fourth-order valence-electron chi connectivity index (χ4n) is 2.50. The Morgan fingerprint density at radius 1 is 1.08 bits per heavy atom. The van der Waals surface area contributed by atoms with Crippen LogP contribution in [0.15, 0.2) is 48.5 Å². The summed E-state index contributed by atoms with van der Waals surface area (Å²) in [6, 6.07) is 15.3. The molecule has 140 valence electrons. The van der Waals surface area contributed by atoms with Gasteiger partial charge in [0.25, 0.3) is 5.91 Å². The lowest BCUT2D eigenvalue weighted by Gasteiger charge is -2.19. The summed E-state index contributed by atoms with van der Waals surface area (Å²) in [5, 5.41) is 3.64. The van der Waals surface area contributed by atoms with Crippen molar-refractivity contribution in [2.45, 2.75) is 26.2 Å². The van der Waals surface area contributed by atoms with Crippen molar-refractivity contribution < 1.29 is 14.4 Å². The van der Waals surface area contributed by atoms with Crippen LogP contribution >= 0.6 is 11.6 Å². The molecular formula is C21H28ClN2O2+. The van der Waals surface area contributed by atoms with Crippen molar-refractivity contribution in [1.29, 1.82) is 0 Å². The van der Waals surface area contributed by atoms with E-state index in [-0.39, 0.29) is 11.3 Å². The second-order valence-electron chi connectivity index (χ2n) is 7.56. The van der Waals surface area contributed by atoms with Gasteiger partial charge >= 0.3 is 0 Å². The van der Waals surface area contributed by atoms with E-state index in [1.807, 2.05) is 31.3 Å². The van der Waals surface area contributed by atoms with Gasteiger partial charge in [-0.25, -0.2) is 0 Å². The van der Waals surface area contributed by atoms with E-state index in [0.29, 0.717) is 18.2 Å². The Kier molecular flexibility index (Phi) is 7.06. The monoisotopic (exact) mass is 375 g/mol. The highest BCUT2D eigenvalue weighted by Gasteiger charge is 2.14. The minimum absolute atomic E-state index is 0.00231. The molecule has 0 aliphatic carbocycles. The highest BCUT2D eigenvalue weighted by molar-refractivity contribution is 6.30. The van der Waals surface area contributed by atoms with Gasteiger partial charge in [-0.3, -0.25) is 4.79 Å². The number of anilines is 1. The number of benzene rings is 2. The number of hydrogen-bond acceptors (Lipinski definition) is 2. The number of carbonyl (C=O) groups excluding carboxylic acids is 1. The SMILES string of the molecule is C[NH+](CCOc1ccc(Cl)cc1)CC(=O)Nc1ccc(C(C)(C)C)cc1. The van der Waals surface area contributed by atoms with Gasteiger partial charge in [-0.05, 0) is 47.4 Å². The second kappa shape index (κ2) is 9.06. The van der Waals surface area contributed by atoms with Crippen molar-refractivity contribution in [2.75, 3.05) is 32.1 Å². The molecule has 0 aliphatic rings. The molecule has 0 fully saturated rings. The molecule has 0 bridgehead atoms. The maximum Gasteiger partial charge on any atom is 0.279 e. The molecule has 1 atom stereocenters. The first-order chi connectivity index (χ1) is 12.2. The molecule has 0 radical (unpaired) electrons. The first-order valence-electron chi connectivity index (χ1n) is 8.84. The number of ether oxygens (including phenoxy) is 1. The van der Waals surface area contributed by atoms with Crippen LogP contribution in [0, 0.1) is 0 Å². The van der Waals surface area contributed by atoms with Crippen molar-refractivity contribution >= 4 is 23.2 Å². The summed E-state index contributed by atoms with van der Waals surface area (Å²) in [4.78, 5) is 13.3. The average Bonchev–Trinajstić information content (AvgIpc) is 2.56. The van der Waals surface area contributed by atoms with E-state index in [1.165, 1.54) is 5.56 Å². The fourth-order valence-corrected chi connectivity index (χ4v) is 2.62. The molecule has 0 heterocycles. The van der Waals surface area contributed by atoms with Gasteiger partial charge in [0.05, 0.1) is 7.05 Å². The van der Waals surface area contributed by atoms with Gasteiger partial charge in [0.15, 0.2) is 6.54 Å². The van der Waals surface area contributed by atoms with Crippen LogP contribution in [-0.2, 0) is 10.2 Å². The Morgan fingerprint density at radius 3 is 2.27 bits per heavy atom. The summed E-state index contributed by atoms with van der Waals surface area (Å²) in [5.41, 5.74) is 2.18. The first kappa shape index (κ1) is 20.3. The summed E-state index contributed by atoms with van der Waals surface area (Å²) in [6.45, 7) is 8.19. The highest BCUT2D eigenvalue weighted by Crippen LogP contribution is 2.23. The normalized spacial score (nSPS) is 12.5. The molecule has 1 amide bonds. The molecule has 2 rings (SSSR count). The second-order valence-corrected chi connectivity index (χ2v) is 8.00. The van der Waals surface area contributed by atoms with Crippen molar-refractivity contribution in [1.82, 2.24) is 0 Å². The van der Waals surface area contributed by atoms with Gasteiger partial charge in [-0.2, -0.15) is 0 Å². The third-order valence-corrected chi connectivity index (χ3v) is 4.36. The molecule has 0 aromatic heterocycles. The lowest BCUT2D eigenvalue weighted by atomic mass is 9.87. The molecule has 2 aromatic rings. The number of amides is 1. The average molecular weight is 376 g/mol. The first-order valence-corrected chi connectivity index (χ1v) is 9.22. The van der Waals surface area contributed by atoms with E-state index >= 15 is 0 Å². The van der Waals surface area contributed by atoms with Gasteiger partial charge in [0, 0.05) is 10.7 Å². The maximum atomic E-state index is 12.2. The topological polar surface area (TPSA) is 42.8 Å². The minimum Gasteiger partial charge on any atom is -0.488 e. The smallest absolute Gasteiger partial charge is 0.279 e. The van der Waals surface area contributed by atoms with Crippen LogP contribution in [0.1, 0.15) is 26.3 Å². The molecule has 0 aliphatic heterocycles. The summed E-state index contributed by atoms with van der Waals surface area (Å²) in [6.07, 6.45) is 0. The van der Waals surface area contributed by atoms with E-state index in [2.05, 4.69) is 38.2 Å². The standard InChI is InChI=1S/C21H27ClN2O2/c1-21(2,3)16-5-9-18(10-6-16)23-20(25)15-24(4)13-14-26-19-11-7-17(22)8-12-19/h5-12H,13-15H2,1-4H3,(H,23,25)/p+1. The van der Waals surface area contributed by atoms with Crippen LogP contribution in [0.3, 0.4) is 0 Å². The molecule has 2 N–H and O–H groups in total. The zero-order valence-corrected chi connectivity index (χ0v) is 16.7. The van der Waals surface area contributed by atoms with Crippen molar-refractivity contribution in [2.24, 2.45) is 0 Å². The van der Waals surface area contributed by atoms with Gasteiger partial charge in [0.2, 0.25) is 0 Å². The Hall–Kier alpha value is -2.04. The van der Waals surface area contributed by atoms with Gasteiger partial charge in [0.1, 0.15) is 18.9 Å². The minimum atomic E-state index is -0.00231. The van der Waals surface area contributed by atoms with E-state index in [1.54, 1.807) is 12.1 Å².